The molecule has 0 radical (unpaired) electrons. The quantitative estimate of drug-likeness (QED) is 0.103. The van der Waals surface area contributed by atoms with Gasteiger partial charge in [0, 0.05) is 17.7 Å². The summed E-state index contributed by atoms with van der Waals surface area (Å²) in [5, 5.41) is 11.0. The molecule has 4 aromatic carbocycles. The van der Waals surface area contributed by atoms with Crippen molar-refractivity contribution in [2.75, 3.05) is 14.2 Å². The number of hydrogen-bond acceptors (Lipinski definition) is 8. The topological polar surface area (TPSA) is 105 Å². The molecule has 1 aliphatic carbocycles. The summed E-state index contributed by atoms with van der Waals surface area (Å²) >= 11 is 3.56. The van der Waals surface area contributed by atoms with Gasteiger partial charge < -0.3 is 14.2 Å². The van der Waals surface area contributed by atoms with Gasteiger partial charge in [-0.25, -0.2) is 4.99 Å². The zero-order valence-corrected chi connectivity index (χ0v) is 28.4. The van der Waals surface area contributed by atoms with Crippen LogP contribution in [-0.2, 0) is 13.0 Å². The normalized spacial score (nSPS) is 15.3. The molecule has 47 heavy (non-hydrogen) atoms. The summed E-state index contributed by atoms with van der Waals surface area (Å²) in [7, 11) is 3.21. The maximum atomic E-state index is 14.2. The lowest BCUT2D eigenvalue weighted by atomic mass is 9.83. The first kappa shape index (κ1) is 30.9. The van der Waals surface area contributed by atoms with Crippen LogP contribution < -0.4 is 29.1 Å². The van der Waals surface area contributed by atoms with E-state index < -0.39 is 4.92 Å². The first-order valence-electron chi connectivity index (χ1n) is 14.9. The van der Waals surface area contributed by atoms with Gasteiger partial charge in [-0.15, -0.1) is 0 Å². The fourth-order valence-electron chi connectivity index (χ4n) is 6.09. The number of hydrogen-bond donors (Lipinski definition) is 0. The Kier molecular flexibility index (Phi) is 8.41. The number of benzene rings is 4. The Morgan fingerprint density at radius 3 is 2.51 bits per heavy atom. The Balaban J connectivity index is 1.29. The van der Waals surface area contributed by atoms with Crippen molar-refractivity contribution in [2.24, 2.45) is 4.99 Å². The Bertz CT molecular complexity index is 2240. The molecule has 0 spiro atoms. The third-order valence-corrected chi connectivity index (χ3v) is 10.2. The molecular weight excluding hydrogens is 729 g/mol. The minimum atomic E-state index is -0.432. The lowest BCUT2D eigenvalue weighted by Crippen LogP contribution is -2.38. The van der Waals surface area contributed by atoms with Crippen LogP contribution in [0.4, 0.5) is 5.69 Å². The molecule has 0 fully saturated rings. The summed E-state index contributed by atoms with van der Waals surface area (Å²) in [6, 6.07) is 26.0. The van der Waals surface area contributed by atoms with E-state index in [9.17, 15) is 14.9 Å². The molecule has 0 bridgehead atoms. The second-order valence-corrected chi connectivity index (χ2v) is 13.3. The number of methoxy groups -OCH3 is 2. The van der Waals surface area contributed by atoms with Crippen molar-refractivity contribution in [3.05, 3.63) is 152 Å². The molecule has 11 heteroatoms. The van der Waals surface area contributed by atoms with Crippen molar-refractivity contribution in [3.8, 4) is 17.2 Å². The van der Waals surface area contributed by atoms with Gasteiger partial charge in [0.2, 0.25) is 0 Å². The van der Waals surface area contributed by atoms with Crippen LogP contribution in [0.15, 0.2) is 100 Å². The molecular formula is C36H28IN3O6S. The standard InChI is InChI=1S/C36H28IN3O6S/c1-44-26-14-9-24(10-15-26)33-28-16-11-23-5-3-4-6-27(23)32(28)38-36-39(33)35(41)31(47-36)19-22-17-29(37)34(30(18-22)45-2)46-20-21-7-12-25(13-8-21)40(42)43/h3-10,12-15,17-19,33H,11,16,20H2,1-2H3/b31-19-/t33-/m1/s1. The highest BCUT2D eigenvalue weighted by Gasteiger charge is 2.32. The number of allylic oxidation sites excluding steroid dienone is 1. The zero-order valence-electron chi connectivity index (χ0n) is 25.4. The van der Waals surface area contributed by atoms with Gasteiger partial charge >= 0.3 is 0 Å². The van der Waals surface area contributed by atoms with Crippen molar-refractivity contribution in [3.63, 3.8) is 0 Å². The summed E-state index contributed by atoms with van der Waals surface area (Å²) in [4.78, 5) is 30.5. The largest absolute Gasteiger partial charge is 0.497 e. The lowest BCUT2D eigenvalue weighted by molar-refractivity contribution is -0.384. The number of rotatable bonds is 8. The van der Waals surface area contributed by atoms with E-state index in [1.807, 2.05) is 53.1 Å². The molecule has 0 unspecified atom stereocenters. The van der Waals surface area contributed by atoms with Gasteiger partial charge in [-0.3, -0.25) is 19.5 Å². The number of halogens is 1. The average Bonchev–Trinajstić information content (AvgIpc) is 3.40. The maximum absolute atomic E-state index is 14.2. The van der Waals surface area contributed by atoms with E-state index in [1.54, 1.807) is 26.4 Å². The molecule has 9 nitrogen and oxygen atoms in total. The van der Waals surface area contributed by atoms with Crippen molar-refractivity contribution in [1.82, 2.24) is 4.57 Å². The summed E-state index contributed by atoms with van der Waals surface area (Å²) in [6.07, 6.45) is 3.57. The number of fused-ring (bicyclic) bond motifs is 3. The van der Waals surface area contributed by atoms with Crippen LogP contribution in [0.3, 0.4) is 0 Å². The summed E-state index contributed by atoms with van der Waals surface area (Å²) in [5.41, 5.74) is 6.97. The van der Waals surface area contributed by atoms with Gasteiger partial charge in [0.1, 0.15) is 12.4 Å². The third-order valence-electron chi connectivity index (χ3n) is 8.38. The molecule has 7 rings (SSSR count). The second kappa shape index (κ2) is 12.8. The van der Waals surface area contributed by atoms with Crippen LogP contribution in [0, 0.1) is 13.7 Å². The van der Waals surface area contributed by atoms with Crippen LogP contribution in [0.25, 0.3) is 11.8 Å². The second-order valence-electron chi connectivity index (χ2n) is 11.1. The molecule has 0 N–H and O–H groups in total. The van der Waals surface area contributed by atoms with E-state index in [0.717, 1.165) is 55.7 Å². The fraction of sp³-hybridized carbons (Fsp3) is 0.167. The van der Waals surface area contributed by atoms with E-state index in [0.29, 0.717) is 20.8 Å². The summed E-state index contributed by atoms with van der Waals surface area (Å²) < 4.78 is 20.4. The summed E-state index contributed by atoms with van der Waals surface area (Å²) in [5.74, 6) is 1.82. The molecule has 236 valence electrons. The predicted molar refractivity (Wildman–Crippen MR) is 189 cm³/mol. The Morgan fingerprint density at radius 1 is 1.02 bits per heavy atom. The first-order chi connectivity index (χ1) is 22.8. The van der Waals surface area contributed by atoms with Gasteiger partial charge in [-0.1, -0.05) is 47.7 Å². The molecule has 2 aliphatic rings. The minimum absolute atomic E-state index is 0.0239. The van der Waals surface area contributed by atoms with Crippen LogP contribution >= 0.6 is 33.9 Å². The van der Waals surface area contributed by atoms with Crippen LogP contribution in [0.1, 0.15) is 40.3 Å². The molecule has 2 heterocycles. The number of thiazole rings is 1. The van der Waals surface area contributed by atoms with Crippen molar-refractivity contribution < 1.29 is 19.1 Å². The Labute approximate surface area is 287 Å². The number of aryl methyl sites for hydroxylation is 1. The van der Waals surface area contributed by atoms with E-state index >= 15 is 0 Å². The number of nitrogens with zero attached hydrogens (tertiary/aromatic N) is 3. The smallest absolute Gasteiger partial charge is 0.271 e. The molecule has 0 saturated carbocycles. The van der Waals surface area contributed by atoms with Gasteiger partial charge in [0.05, 0.1) is 39.0 Å². The Morgan fingerprint density at radius 2 is 1.79 bits per heavy atom. The minimum Gasteiger partial charge on any atom is -0.497 e. The number of ether oxygens (including phenoxy) is 3. The van der Waals surface area contributed by atoms with Crippen molar-refractivity contribution in [2.45, 2.75) is 25.5 Å². The third kappa shape index (κ3) is 5.85. The average molecular weight is 758 g/mol. The van der Waals surface area contributed by atoms with Gasteiger partial charge in [-0.2, -0.15) is 0 Å². The van der Waals surface area contributed by atoms with E-state index in [2.05, 4.69) is 40.8 Å². The number of non-ortho nitro benzene ring substituents is 1. The van der Waals surface area contributed by atoms with E-state index in [-0.39, 0.29) is 23.9 Å². The van der Waals surface area contributed by atoms with Gasteiger partial charge in [0.15, 0.2) is 16.3 Å². The highest BCUT2D eigenvalue weighted by atomic mass is 127. The molecule has 1 aromatic heterocycles. The van der Waals surface area contributed by atoms with Crippen LogP contribution in [-0.4, -0.2) is 23.7 Å². The highest BCUT2D eigenvalue weighted by Crippen LogP contribution is 2.41. The number of nitro groups is 1. The van der Waals surface area contributed by atoms with Gasteiger partial charge in [-0.05, 0) is 106 Å². The maximum Gasteiger partial charge on any atom is 0.271 e. The zero-order chi connectivity index (χ0) is 32.7. The molecule has 0 amide bonds. The molecule has 1 atom stereocenters. The Hall–Kier alpha value is -4.75. The van der Waals surface area contributed by atoms with Crippen LogP contribution in [0.2, 0.25) is 0 Å². The molecule has 5 aromatic rings. The summed E-state index contributed by atoms with van der Waals surface area (Å²) in [6.45, 7) is 0.210. The van der Waals surface area contributed by atoms with Crippen molar-refractivity contribution >= 4 is 51.4 Å². The fourth-order valence-corrected chi connectivity index (χ4v) is 7.87. The number of aromatic nitrogens is 1. The first-order valence-corrected chi connectivity index (χ1v) is 16.7. The highest BCUT2D eigenvalue weighted by molar-refractivity contribution is 14.1. The van der Waals surface area contributed by atoms with Crippen LogP contribution in [0.5, 0.6) is 17.2 Å². The van der Waals surface area contributed by atoms with Gasteiger partial charge in [0.25, 0.3) is 11.2 Å². The monoisotopic (exact) mass is 757 g/mol. The molecule has 0 saturated heterocycles. The predicted octanol–water partition coefficient (Wildman–Crippen LogP) is 6.43. The van der Waals surface area contributed by atoms with E-state index in [1.165, 1.54) is 29.0 Å². The SMILES string of the molecule is COc1ccc([C@@H]2C3=C(N=c4s/c(=C\c5cc(I)c(OCc6ccc([N+](=O)[O-])cc6)c(OC)c5)c(=O)n42)c2ccccc2CC3)cc1. The van der Waals surface area contributed by atoms with Crippen molar-refractivity contribution in [1.29, 1.82) is 0 Å². The molecule has 1 aliphatic heterocycles. The lowest BCUT2D eigenvalue weighted by Gasteiger charge is -2.30. The van der Waals surface area contributed by atoms with E-state index in [4.69, 9.17) is 19.2 Å². The number of nitro benzene ring substituents is 1.